The van der Waals surface area contributed by atoms with E-state index in [1.54, 1.807) is 0 Å². The van der Waals surface area contributed by atoms with Gasteiger partial charge in [-0.1, -0.05) is 12.1 Å². The lowest BCUT2D eigenvalue weighted by atomic mass is 10.1. The average molecular weight is 406 g/mol. The van der Waals surface area contributed by atoms with Gasteiger partial charge in [-0.15, -0.1) is 0 Å². The number of likely N-dealkylation sites (tertiary alicyclic amines) is 1. The van der Waals surface area contributed by atoms with Crippen molar-refractivity contribution in [1.29, 1.82) is 0 Å². The third kappa shape index (κ3) is 3.41. The molecule has 2 aromatic carbocycles. The zero-order valence-corrected chi connectivity index (χ0v) is 17.0. The van der Waals surface area contributed by atoms with Gasteiger partial charge in [0, 0.05) is 17.5 Å². The molecular weight excluding hydrogens is 382 g/mol. The van der Waals surface area contributed by atoms with E-state index in [1.807, 2.05) is 46.9 Å². The lowest BCUT2D eigenvalue weighted by Crippen LogP contribution is -2.28. The Morgan fingerprint density at radius 3 is 2.86 bits per heavy atom. The standard InChI is InChI=1S/C22H23N5OS/c28-21(23-10-5-13-26-11-3-4-12-26)15-8-9-16-18(14-15)25-22(29)27-19-7-2-1-6-17(19)24-20(16)27/h1-2,6-9,14H,3-5,10-13H2,(H,23,28)(H,25,29). The van der Waals surface area contributed by atoms with E-state index in [0.29, 0.717) is 16.9 Å². The topological polar surface area (TPSA) is 65.4 Å². The molecule has 0 spiro atoms. The summed E-state index contributed by atoms with van der Waals surface area (Å²) in [5.41, 5.74) is 4.14. The molecule has 148 valence electrons. The van der Waals surface area contributed by atoms with Gasteiger partial charge in [0.05, 0.1) is 16.6 Å². The predicted molar refractivity (Wildman–Crippen MR) is 118 cm³/mol. The summed E-state index contributed by atoms with van der Waals surface area (Å²) >= 11 is 5.57. The van der Waals surface area contributed by atoms with Crippen LogP contribution in [-0.4, -0.2) is 51.4 Å². The number of H-pyrrole nitrogens is 1. The summed E-state index contributed by atoms with van der Waals surface area (Å²) in [6, 6.07) is 13.6. The summed E-state index contributed by atoms with van der Waals surface area (Å²) in [5, 5.41) is 3.98. The van der Waals surface area contributed by atoms with Gasteiger partial charge in [-0.2, -0.15) is 0 Å². The number of carbonyl (C=O) groups is 1. The first-order chi connectivity index (χ1) is 14.2. The van der Waals surface area contributed by atoms with Crippen LogP contribution in [0.5, 0.6) is 0 Å². The van der Waals surface area contributed by atoms with Gasteiger partial charge < -0.3 is 15.2 Å². The van der Waals surface area contributed by atoms with Crippen molar-refractivity contribution in [2.45, 2.75) is 19.3 Å². The second-order valence-electron chi connectivity index (χ2n) is 7.61. The molecular formula is C22H23N5OS. The van der Waals surface area contributed by atoms with Crippen LogP contribution in [0, 0.1) is 4.77 Å². The van der Waals surface area contributed by atoms with Crippen molar-refractivity contribution < 1.29 is 4.79 Å². The second-order valence-corrected chi connectivity index (χ2v) is 7.99. The van der Waals surface area contributed by atoms with Crippen LogP contribution in [0.15, 0.2) is 42.5 Å². The number of aromatic amines is 1. The lowest BCUT2D eigenvalue weighted by Gasteiger charge is -2.14. The van der Waals surface area contributed by atoms with Gasteiger partial charge in [0.2, 0.25) is 0 Å². The molecule has 1 saturated heterocycles. The Kier molecular flexibility index (Phi) is 4.77. The summed E-state index contributed by atoms with van der Waals surface area (Å²) in [4.78, 5) is 23.1. The highest BCUT2D eigenvalue weighted by molar-refractivity contribution is 7.71. The minimum atomic E-state index is -0.0546. The minimum absolute atomic E-state index is 0.0546. The highest BCUT2D eigenvalue weighted by Crippen LogP contribution is 2.24. The molecule has 7 heteroatoms. The van der Waals surface area contributed by atoms with Crippen LogP contribution >= 0.6 is 12.2 Å². The van der Waals surface area contributed by atoms with E-state index in [1.165, 1.54) is 25.9 Å². The van der Waals surface area contributed by atoms with Crippen molar-refractivity contribution in [2.24, 2.45) is 0 Å². The fourth-order valence-electron chi connectivity index (χ4n) is 4.18. The van der Waals surface area contributed by atoms with Crippen LogP contribution in [0.4, 0.5) is 0 Å². The highest BCUT2D eigenvalue weighted by Gasteiger charge is 2.13. The first-order valence-corrected chi connectivity index (χ1v) is 10.6. The van der Waals surface area contributed by atoms with Gasteiger partial charge in [-0.05, 0) is 81.4 Å². The van der Waals surface area contributed by atoms with Gasteiger partial charge in [0.15, 0.2) is 4.77 Å². The second kappa shape index (κ2) is 7.57. The summed E-state index contributed by atoms with van der Waals surface area (Å²) in [7, 11) is 0. The van der Waals surface area contributed by atoms with Crippen molar-refractivity contribution in [2.75, 3.05) is 26.2 Å². The van der Waals surface area contributed by atoms with Crippen LogP contribution in [-0.2, 0) is 0 Å². The molecule has 0 aliphatic carbocycles. The first-order valence-electron chi connectivity index (χ1n) is 10.1. The van der Waals surface area contributed by atoms with E-state index >= 15 is 0 Å². The molecule has 6 nitrogen and oxygen atoms in total. The monoisotopic (exact) mass is 405 g/mol. The SMILES string of the molecule is O=C(NCCCN1CCCC1)c1ccc2c(c1)[nH]c(=S)n1c3ccccc3nc21. The number of hydrogen-bond donors (Lipinski definition) is 2. The Hall–Kier alpha value is -2.77. The number of para-hydroxylation sites is 2. The number of hydrogen-bond acceptors (Lipinski definition) is 4. The summed E-state index contributed by atoms with van der Waals surface area (Å²) in [5.74, 6) is -0.0546. The van der Waals surface area contributed by atoms with Gasteiger partial charge in [0.1, 0.15) is 5.65 Å². The largest absolute Gasteiger partial charge is 0.352 e. The third-order valence-electron chi connectivity index (χ3n) is 5.66. The van der Waals surface area contributed by atoms with Crippen molar-refractivity contribution in [1.82, 2.24) is 24.6 Å². The Labute approximate surface area is 173 Å². The zero-order valence-electron chi connectivity index (χ0n) is 16.1. The molecule has 5 rings (SSSR count). The van der Waals surface area contributed by atoms with Crippen LogP contribution in [0.3, 0.4) is 0 Å². The van der Waals surface area contributed by atoms with Crippen molar-refractivity contribution >= 4 is 45.7 Å². The number of benzene rings is 2. The fraction of sp³-hybridized carbons (Fsp3) is 0.318. The fourth-order valence-corrected chi connectivity index (χ4v) is 4.47. The van der Waals surface area contributed by atoms with E-state index in [4.69, 9.17) is 17.2 Å². The lowest BCUT2D eigenvalue weighted by molar-refractivity contribution is 0.0952. The van der Waals surface area contributed by atoms with Crippen LogP contribution < -0.4 is 5.32 Å². The molecule has 1 aliphatic rings. The van der Waals surface area contributed by atoms with E-state index in [0.717, 1.165) is 40.5 Å². The van der Waals surface area contributed by atoms with Gasteiger partial charge in [-0.3, -0.25) is 9.20 Å². The van der Waals surface area contributed by atoms with E-state index in [9.17, 15) is 4.79 Å². The van der Waals surface area contributed by atoms with E-state index < -0.39 is 0 Å². The zero-order chi connectivity index (χ0) is 19.8. The Morgan fingerprint density at radius 2 is 2.00 bits per heavy atom. The minimum Gasteiger partial charge on any atom is -0.352 e. The Bertz CT molecular complexity index is 1270. The molecule has 3 heterocycles. The molecule has 4 aromatic rings. The number of fused-ring (bicyclic) bond motifs is 5. The number of nitrogens with zero attached hydrogens (tertiary/aromatic N) is 3. The molecule has 1 fully saturated rings. The van der Waals surface area contributed by atoms with Gasteiger partial charge >= 0.3 is 0 Å². The molecule has 0 atom stereocenters. The van der Waals surface area contributed by atoms with Crippen molar-refractivity contribution in [3.05, 3.63) is 52.8 Å². The maximum Gasteiger partial charge on any atom is 0.251 e. The van der Waals surface area contributed by atoms with E-state index in [-0.39, 0.29) is 5.91 Å². The quantitative estimate of drug-likeness (QED) is 0.390. The molecule has 0 saturated carbocycles. The summed E-state index contributed by atoms with van der Waals surface area (Å²) in [6.07, 6.45) is 3.57. The summed E-state index contributed by atoms with van der Waals surface area (Å²) in [6.45, 7) is 4.12. The molecule has 0 bridgehead atoms. The maximum atomic E-state index is 12.6. The average Bonchev–Trinajstić information content (AvgIpc) is 3.38. The van der Waals surface area contributed by atoms with Crippen LogP contribution in [0.25, 0.3) is 27.6 Å². The number of imidazole rings is 1. The molecule has 1 amide bonds. The summed E-state index contributed by atoms with van der Waals surface area (Å²) < 4.78 is 2.52. The third-order valence-corrected chi connectivity index (χ3v) is 5.95. The highest BCUT2D eigenvalue weighted by atomic mass is 32.1. The Morgan fingerprint density at radius 1 is 1.17 bits per heavy atom. The van der Waals surface area contributed by atoms with Gasteiger partial charge in [0.25, 0.3) is 5.91 Å². The van der Waals surface area contributed by atoms with Crippen LogP contribution in [0.2, 0.25) is 0 Å². The number of amides is 1. The molecule has 2 aromatic heterocycles. The molecule has 29 heavy (non-hydrogen) atoms. The molecule has 0 radical (unpaired) electrons. The maximum absolute atomic E-state index is 12.6. The van der Waals surface area contributed by atoms with Crippen molar-refractivity contribution in [3.63, 3.8) is 0 Å². The normalized spacial score (nSPS) is 14.9. The molecule has 1 aliphatic heterocycles. The predicted octanol–water partition coefficient (Wildman–Crippen LogP) is 3.91. The first kappa shape index (κ1) is 18.3. The molecule has 0 unspecified atom stereocenters. The Balaban J connectivity index is 1.39. The van der Waals surface area contributed by atoms with Crippen molar-refractivity contribution in [3.8, 4) is 0 Å². The number of rotatable bonds is 5. The smallest absolute Gasteiger partial charge is 0.251 e. The van der Waals surface area contributed by atoms with Crippen LogP contribution in [0.1, 0.15) is 29.6 Å². The number of carbonyl (C=O) groups excluding carboxylic acids is 1. The number of nitrogens with one attached hydrogen (secondary N) is 2. The van der Waals surface area contributed by atoms with Gasteiger partial charge in [-0.25, -0.2) is 4.98 Å². The number of aromatic nitrogens is 3. The molecule has 2 N–H and O–H groups in total. The van der Waals surface area contributed by atoms with E-state index in [2.05, 4.69) is 15.2 Å².